The lowest BCUT2D eigenvalue weighted by atomic mass is 9.86. The number of aromatic nitrogens is 1. The Hall–Kier alpha value is -3.58. The van der Waals surface area contributed by atoms with Gasteiger partial charge in [0.25, 0.3) is 0 Å². The van der Waals surface area contributed by atoms with Crippen LogP contribution >= 0.6 is 22.6 Å². The van der Waals surface area contributed by atoms with E-state index in [1.807, 2.05) is 51.1 Å². The minimum atomic E-state index is -3.59. The van der Waals surface area contributed by atoms with Crippen molar-refractivity contribution in [2.45, 2.75) is 26.2 Å². The summed E-state index contributed by atoms with van der Waals surface area (Å²) in [4.78, 5) is 17.4. The first kappa shape index (κ1) is 28.4. The molecule has 0 aliphatic heterocycles. The number of rotatable bonds is 7. The molecule has 2 amide bonds. The number of fused-ring (bicyclic) bond motifs is 1. The average molecular weight is 661 g/mol. The van der Waals surface area contributed by atoms with E-state index in [9.17, 15) is 13.2 Å². The maximum Gasteiger partial charge on any atom is 0.323 e. The number of benzene rings is 3. The summed E-state index contributed by atoms with van der Waals surface area (Å²) in [6, 6.07) is 17.7. The van der Waals surface area contributed by atoms with E-state index in [4.69, 9.17) is 9.47 Å². The van der Waals surface area contributed by atoms with Crippen molar-refractivity contribution in [1.29, 1.82) is 0 Å². The van der Waals surface area contributed by atoms with Gasteiger partial charge in [-0.3, -0.25) is 9.71 Å². The number of hydrogen-bond acceptors (Lipinski definition) is 6. The van der Waals surface area contributed by atoms with Crippen LogP contribution in [0.1, 0.15) is 26.3 Å². The lowest BCUT2D eigenvalue weighted by Gasteiger charge is -2.24. The Balaban J connectivity index is 1.66. The van der Waals surface area contributed by atoms with Gasteiger partial charge >= 0.3 is 6.03 Å². The molecule has 4 aromatic rings. The van der Waals surface area contributed by atoms with Crippen LogP contribution in [0.2, 0.25) is 0 Å². The molecule has 0 aliphatic carbocycles. The topological polar surface area (TPSA) is 119 Å². The van der Waals surface area contributed by atoms with Gasteiger partial charge in [-0.15, -0.1) is 0 Å². The number of urea groups is 1. The fourth-order valence-corrected chi connectivity index (χ4v) is 4.99. The standard InChI is InChI=1S/C28H29IN4O5S/c1-28(2,3)17-14-22(26(37-4)23(15-17)33-39(5,35)36)32-27(34)31-21-10-11-24(20-9-7-6-8-19(20)21)38-18-12-13-30-25(29)16-18/h6-16,33H,1-5H3,(H2,31,32,34). The van der Waals surface area contributed by atoms with E-state index in [2.05, 4.69) is 42.9 Å². The van der Waals surface area contributed by atoms with Crippen LogP contribution in [0.15, 0.2) is 66.9 Å². The third-order valence-electron chi connectivity index (χ3n) is 5.76. The van der Waals surface area contributed by atoms with Gasteiger partial charge in [0.2, 0.25) is 10.0 Å². The number of pyridine rings is 1. The maximum atomic E-state index is 13.2. The van der Waals surface area contributed by atoms with Gasteiger partial charge in [0.05, 0.1) is 30.4 Å². The number of ether oxygens (including phenoxy) is 2. The lowest BCUT2D eigenvalue weighted by Crippen LogP contribution is -2.22. The van der Waals surface area contributed by atoms with Crippen LogP contribution in [0.3, 0.4) is 0 Å². The number of halogens is 1. The molecule has 0 spiro atoms. The van der Waals surface area contributed by atoms with E-state index in [0.717, 1.165) is 26.3 Å². The molecule has 0 unspecified atom stereocenters. The second-order valence-corrected chi connectivity index (χ2v) is 12.7. The Morgan fingerprint density at radius 2 is 1.59 bits per heavy atom. The Morgan fingerprint density at radius 3 is 2.23 bits per heavy atom. The number of nitrogens with zero attached hydrogens (tertiary/aromatic N) is 1. The summed E-state index contributed by atoms with van der Waals surface area (Å²) in [5.74, 6) is 1.49. The fraction of sp³-hybridized carbons (Fsp3) is 0.214. The lowest BCUT2D eigenvalue weighted by molar-refractivity contribution is 0.262. The fourth-order valence-electron chi connectivity index (χ4n) is 3.97. The van der Waals surface area contributed by atoms with E-state index >= 15 is 0 Å². The molecule has 0 fully saturated rings. The summed E-state index contributed by atoms with van der Waals surface area (Å²) >= 11 is 2.12. The number of carbonyl (C=O) groups excluding carboxylic acids is 1. The monoisotopic (exact) mass is 660 g/mol. The highest BCUT2D eigenvalue weighted by Gasteiger charge is 2.22. The molecule has 0 bridgehead atoms. The van der Waals surface area contributed by atoms with Crippen molar-refractivity contribution >= 4 is 66.5 Å². The van der Waals surface area contributed by atoms with Crippen molar-refractivity contribution in [3.05, 3.63) is 76.1 Å². The van der Waals surface area contributed by atoms with E-state index in [1.165, 1.54) is 7.11 Å². The van der Waals surface area contributed by atoms with Crippen molar-refractivity contribution in [3.63, 3.8) is 0 Å². The zero-order valence-electron chi connectivity index (χ0n) is 22.1. The Labute approximate surface area is 241 Å². The van der Waals surface area contributed by atoms with Crippen LogP contribution < -0.4 is 24.8 Å². The molecule has 0 atom stereocenters. The number of anilines is 3. The van der Waals surface area contributed by atoms with E-state index in [-0.39, 0.29) is 16.9 Å². The first-order valence-electron chi connectivity index (χ1n) is 11.9. The van der Waals surface area contributed by atoms with Crippen molar-refractivity contribution in [3.8, 4) is 17.2 Å². The van der Waals surface area contributed by atoms with Crippen LogP contribution in [-0.2, 0) is 15.4 Å². The molecule has 3 aromatic carbocycles. The number of hydrogen-bond donors (Lipinski definition) is 3. The molecule has 0 saturated heterocycles. The number of carbonyl (C=O) groups is 1. The van der Waals surface area contributed by atoms with Gasteiger partial charge < -0.3 is 20.1 Å². The molecule has 0 aliphatic rings. The van der Waals surface area contributed by atoms with Gasteiger partial charge in [0, 0.05) is 23.0 Å². The van der Waals surface area contributed by atoms with Crippen LogP contribution in [0.25, 0.3) is 10.8 Å². The molecular formula is C28H29IN4O5S. The van der Waals surface area contributed by atoms with Gasteiger partial charge in [-0.1, -0.05) is 45.0 Å². The number of nitrogens with one attached hydrogen (secondary N) is 3. The predicted octanol–water partition coefficient (Wildman–Crippen LogP) is 6.95. The molecule has 11 heteroatoms. The second-order valence-electron chi connectivity index (χ2n) is 9.88. The van der Waals surface area contributed by atoms with Gasteiger partial charge in [-0.05, 0) is 63.9 Å². The SMILES string of the molecule is COc1c(NC(=O)Nc2ccc(Oc3ccnc(I)c3)c3ccccc23)cc(C(C)(C)C)cc1NS(C)(=O)=O. The number of amides is 2. The van der Waals surface area contributed by atoms with E-state index in [0.29, 0.717) is 22.9 Å². The van der Waals surface area contributed by atoms with Crippen molar-refractivity contribution in [2.75, 3.05) is 28.7 Å². The second kappa shape index (κ2) is 11.3. The number of sulfonamides is 1. The molecule has 1 heterocycles. The molecule has 1 aromatic heterocycles. The van der Waals surface area contributed by atoms with Gasteiger partial charge in [0.15, 0.2) is 5.75 Å². The molecular weight excluding hydrogens is 631 g/mol. The summed E-state index contributed by atoms with van der Waals surface area (Å²) in [5.41, 5.74) is 1.61. The van der Waals surface area contributed by atoms with Crippen LogP contribution in [0.4, 0.5) is 21.9 Å². The predicted molar refractivity (Wildman–Crippen MR) is 164 cm³/mol. The Kier molecular flexibility index (Phi) is 8.21. The highest BCUT2D eigenvalue weighted by Crippen LogP contribution is 2.39. The summed E-state index contributed by atoms with van der Waals surface area (Å²) in [7, 11) is -2.18. The Morgan fingerprint density at radius 1 is 0.923 bits per heavy atom. The summed E-state index contributed by atoms with van der Waals surface area (Å²) in [5, 5.41) is 7.32. The average Bonchev–Trinajstić information content (AvgIpc) is 2.84. The zero-order valence-corrected chi connectivity index (χ0v) is 25.1. The smallest absolute Gasteiger partial charge is 0.323 e. The van der Waals surface area contributed by atoms with Gasteiger partial charge in [0.1, 0.15) is 15.2 Å². The Bertz CT molecular complexity index is 1650. The van der Waals surface area contributed by atoms with Crippen molar-refractivity contribution in [2.24, 2.45) is 0 Å². The molecule has 204 valence electrons. The summed E-state index contributed by atoms with van der Waals surface area (Å²) in [6.45, 7) is 5.97. The van der Waals surface area contributed by atoms with Crippen LogP contribution in [0.5, 0.6) is 17.2 Å². The van der Waals surface area contributed by atoms with Crippen molar-refractivity contribution < 1.29 is 22.7 Å². The van der Waals surface area contributed by atoms with Crippen molar-refractivity contribution in [1.82, 2.24) is 4.98 Å². The molecule has 0 saturated carbocycles. The highest BCUT2D eigenvalue weighted by atomic mass is 127. The minimum Gasteiger partial charge on any atom is -0.492 e. The van der Waals surface area contributed by atoms with Crippen LogP contribution in [-0.4, -0.2) is 32.8 Å². The molecule has 39 heavy (non-hydrogen) atoms. The third kappa shape index (κ3) is 7.09. The maximum absolute atomic E-state index is 13.2. The number of methoxy groups -OCH3 is 1. The first-order valence-corrected chi connectivity index (χ1v) is 14.9. The third-order valence-corrected chi connectivity index (χ3v) is 6.94. The van der Waals surface area contributed by atoms with Gasteiger partial charge in [-0.2, -0.15) is 0 Å². The summed E-state index contributed by atoms with van der Waals surface area (Å²) < 4.78 is 38.9. The minimum absolute atomic E-state index is 0.198. The largest absolute Gasteiger partial charge is 0.492 e. The molecule has 3 N–H and O–H groups in total. The quantitative estimate of drug-likeness (QED) is 0.146. The molecule has 9 nitrogen and oxygen atoms in total. The normalized spacial score (nSPS) is 11.6. The highest BCUT2D eigenvalue weighted by molar-refractivity contribution is 14.1. The van der Waals surface area contributed by atoms with E-state index in [1.54, 1.807) is 36.5 Å². The van der Waals surface area contributed by atoms with Gasteiger partial charge in [-0.25, -0.2) is 13.2 Å². The van der Waals surface area contributed by atoms with Crippen LogP contribution in [0, 0.1) is 3.70 Å². The molecule has 0 radical (unpaired) electrons. The van der Waals surface area contributed by atoms with E-state index < -0.39 is 16.1 Å². The molecule has 4 rings (SSSR count). The first-order chi connectivity index (χ1) is 18.3. The zero-order chi connectivity index (χ0) is 28.4. The summed E-state index contributed by atoms with van der Waals surface area (Å²) in [6.07, 6.45) is 2.74.